The van der Waals surface area contributed by atoms with Crippen LogP contribution in [-0.4, -0.2) is 39.0 Å². The molecule has 2 heterocycles. The fourth-order valence-electron chi connectivity index (χ4n) is 5.29. The number of esters is 1. The predicted molar refractivity (Wildman–Crippen MR) is 142 cm³/mol. The monoisotopic (exact) mass is 502 g/mol. The first kappa shape index (κ1) is 25.2. The van der Waals surface area contributed by atoms with Crippen molar-refractivity contribution in [1.29, 1.82) is 0 Å². The molecule has 1 fully saturated rings. The first-order chi connectivity index (χ1) is 17.9. The summed E-state index contributed by atoms with van der Waals surface area (Å²) in [7, 11) is 1.41. The second-order valence-electron chi connectivity index (χ2n) is 9.90. The molecule has 0 N–H and O–H groups in total. The number of fused-ring (bicyclic) bond motifs is 1. The number of benzene rings is 3. The van der Waals surface area contributed by atoms with Crippen molar-refractivity contribution in [2.75, 3.05) is 26.9 Å². The van der Waals surface area contributed by atoms with Gasteiger partial charge in [-0.05, 0) is 72.4 Å². The summed E-state index contributed by atoms with van der Waals surface area (Å²) in [6.07, 6.45) is 1.39. The van der Waals surface area contributed by atoms with E-state index in [0.29, 0.717) is 26.2 Å². The van der Waals surface area contributed by atoms with Crippen molar-refractivity contribution in [3.8, 4) is 28.4 Å². The Kier molecular flexibility index (Phi) is 7.38. The molecule has 2 aliphatic heterocycles. The molecule has 2 atom stereocenters. The third kappa shape index (κ3) is 5.44. The number of aryl methyl sites for hydroxylation is 2. The van der Waals surface area contributed by atoms with E-state index in [1.807, 2.05) is 18.2 Å². The van der Waals surface area contributed by atoms with Gasteiger partial charge in [-0.3, -0.25) is 4.79 Å². The molecule has 0 aromatic heterocycles. The summed E-state index contributed by atoms with van der Waals surface area (Å²) in [5.41, 5.74) is 8.16. The number of ether oxygens (including phenoxy) is 5. The first-order valence-corrected chi connectivity index (χ1v) is 12.8. The summed E-state index contributed by atoms with van der Waals surface area (Å²) in [5, 5.41) is 0. The van der Waals surface area contributed by atoms with Gasteiger partial charge in [0.05, 0.1) is 33.4 Å². The average molecular weight is 503 g/mol. The fourth-order valence-corrected chi connectivity index (χ4v) is 5.29. The summed E-state index contributed by atoms with van der Waals surface area (Å²) < 4.78 is 28.4. The first-order valence-electron chi connectivity index (χ1n) is 12.8. The standard InChI is InChI=1S/C31H34O6/c1-19-12-26(37-25-10-11-34-18-25)13-20(2)31(19)27-7-5-6-22(21(27)3)16-35-24-8-9-28-23(14-30(32)33-4)17-36-29(28)15-24/h5-9,12-13,15,23,25H,10-11,14,16-18H2,1-4H3/t23-,25+/m1/s1. The fraction of sp³-hybridized carbons (Fsp3) is 0.387. The summed E-state index contributed by atoms with van der Waals surface area (Å²) in [5.74, 6) is 2.21. The summed E-state index contributed by atoms with van der Waals surface area (Å²) in [6.45, 7) is 8.78. The molecule has 6 nitrogen and oxygen atoms in total. The van der Waals surface area contributed by atoms with Crippen molar-refractivity contribution < 1.29 is 28.5 Å². The topological polar surface area (TPSA) is 63.2 Å². The normalized spacial score (nSPS) is 18.3. The zero-order valence-corrected chi connectivity index (χ0v) is 22.0. The molecule has 37 heavy (non-hydrogen) atoms. The summed E-state index contributed by atoms with van der Waals surface area (Å²) in [6, 6.07) is 16.5. The molecule has 0 bridgehead atoms. The zero-order valence-electron chi connectivity index (χ0n) is 22.0. The minimum Gasteiger partial charge on any atom is -0.492 e. The Bertz CT molecular complexity index is 1270. The Hall–Kier alpha value is -3.51. The van der Waals surface area contributed by atoms with Crippen molar-refractivity contribution in [3.05, 3.63) is 76.3 Å². The lowest BCUT2D eigenvalue weighted by Gasteiger charge is -2.19. The van der Waals surface area contributed by atoms with Crippen LogP contribution < -0.4 is 14.2 Å². The molecule has 1 saturated heterocycles. The Morgan fingerprint density at radius 1 is 1.00 bits per heavy atom. The van der Waals surface area contributed by atoms with Crippen LogP contribution in [-0.2, 0) is 20.9 Å². The molecule has 194 valence electrons. The van der Waals surface area contributed by atoms with Crippen LogP contribution >= 0.6 is 0 Å². The van der Waals surface area contributed by atoms with E-state index in [9.17, 15) is 4.79 Å². The molecule has 3 aromatic rings. The molecule has 3 aromatic carbocycles. The Balaban J connectivity index is 1.31. The van der Waals surface area contributed by atoms with Crippen molar-refractivity contribution >= 4 is 5.97 Å². The molecule has 0 radical (unpaired) electrons. The zero-order chi connectivity index (χ0) is 25.9. The maximum atomic E-state index is 11.7. The van der Waals surface area contributed by atoms with Gasteiger partial charge in [0.2, 0.25) is 0 Å². The summed E-state index contributed by atoms with van der Waals surface area (Å²) in [4.78, 5) is 11.7. The molecule has 2 aliphatic rings. The molecule has 0 unspecified atom stereocenters. The van der Waals surface area contributed by atoms with Crippen LogP contribution in [0.15, 0.2) is 48.5 Å². The van der Waals surface area contributed by atoms with Gasteiger partial charge in [-0.2, -0.15) is 0 Å². The van der Waals surface area contributed by atoms with Crippen LogP contribution in [0.3, 0.4) is 0 Å². The van der Waals surface area contributed by atoms with Gasteiger partial charge in [-0.25, -0.2) is 0 Å². The van der Waals surface area contributed by atoms with E-state index >= 15 is 0 Å². The number of carbonyl (C=O) groups is 1. The molecule has 0 aliphatic carbocycles. The van der Waals surface area contributed by atoms with E-state index in [1.54, 1.807) is 0 Å². The number of hydrogen-bond acceptors (Lipinski definition) is 6. The second kappa shape index (κ2) is 10.9. The van der Waals surface area contributed by atoms with E-state index in [4.69, 9.17) is 23.7 Å². The molecular weight excluding hydrogens is 468 g/mol. The van der Waals surface area contributed by atoms with Gasteiger partial charge in [0, 0.05) is 24.0 Å². The van der Waals surface area contributed by atoms with Gasteiger partial charge in [0.1, 0.15) is 30.0 Å². The largest absolute Gasteiger partial charge is 0.492 e. The molecular formula is C31H34O6. The van der Waals surface area contributed by atoms with Gasteiger partial charge in [-0.1, -0.05) is 24.3 Å². The lowest BCUT2D eigenvalue weighted by molar-refractivity contribution is -0.141. The quantitative estimate of drug-likeness (QED) is 0.349. The highest BCUT2D eigenvalue weighted by Gasteiger charge is 2.27. The highest BCUT2D eigenvalue weighted by Crippen LogP contribution is 2.39. The van der Waals surface area contributed by atoms with E-state index in [-0.39, 0.29) is 18.0 Å². The minimum atomic E-state index is -0.229. The van der Waals surface area contributed by atoms with E-state index in [1.165, 1.54) is 34.9 Å². The smallest absolute Gasteiger partial charge is 0.306 e. The lowest BCUT2D eigenvalue weighted by Crippen LogP contribution is -2.15. The SMILES string of the molecule is COC(=O)C[C@@H]1COc2cc(OCc3cccc(-c4c(C)cc(O[C@H]5CCOC5)cc4C)c3C)ccc21. The van der Waals surface area contributed by atoms with Crippen molar-refractivity contribution in [1.82, 2.24) is 0 Å². The molecule has 5 rings (SSSR count). The number of hydrogen-bond donors (Lipinski definition) is 0. The minimum absolute atomic E-state index is 0.0187. The Morgan fingerprint density at radius 2 is 1.81 bits per heavy atom. The van der Waals surface area contributed by atoms with E-state index in [0.717, 1.165) is 41.4 Å². The molecule has 0 spiro atoms. The molecule has 6 heteroatoms. The molecule has 0 amide bonds. The van der Waals surface area contributed by atoms with Crippen LogP contribution in [0.2, 0.25) is 0 Å². The van der Waals surface area contributed by atoms with Crippen molar-refractivity contribution in [2.24, 2.45) is 0 Å². The van der Waals surface area contributed by atoms with Crippen molar-refractivity contribution in [3.63, 3.8) is 0 Å². The highest BCUT2D eigenvalue weighted by atomic mass is 16.5. The van der Waals surface area contributed by atoms with Crippen LogP contribution in [0.4, 0.5) is 0 Å². The third-order valence-electron chi connectivity index (χ3n) is 7.31. The van der Waals surface area contributed by atoms with Crippen LogP contribution in [0.5, 0.6) is 17.2 Å². The van der Waals surface area contributed by atoms with Crippen LogP contribution in [0, 0.1) is 20.8 Å². The third-order valence-corrected chi connectivity index (χ3v) is 7.31. The van der Waals surface area contributed by atoms with E-state index in [2.05, 4.69) is 51.1 Å². The van der Waals surface area contributed by atoms with Crippen LogP contribution in [0.1, 0.15) is 46.6 Å². The van der Waals surface area contributed by atoms with Crippen molar-refractivity contribution in [2.45, 2.75) is 52.2 Å². The maximum Gasteiger partial charge on any atom is 0.306 e. The Labute approximate surface area is 218 Å². The predicted octanol–water partition coefficient (Wildman–Crippen LogP) is 6.06. The van der Waals surface area contributed by atoms with Gasteiger partial charge >= 0.3 is 5.97 Å². The van der Waals surface area contributed by atoms with Gasteiger partial charge in [-0.15, -0.1) is 0 Å². The van der Waals surface area contributed by atoms with Gasteiger partial charge < -0.3 is 23.7 Å². The number of rotatable bonds is 8. The van der Waals surface area contributed by atoms with Gasteiger partial charge in [0.15, 0.2) is 0 Å². The number of carbonyl (C=O) groups excluding carboxylic acids is 1. The van der Waals surface area contributed by atoms with Gasteiger partial charge in [0.25, 0.3) is 0 Å². The second-order valence-corrected chi connectivity index (χ2v) is 9.90. The maximum absolute atomic E-state index is 11.7. The molecule has 0 saturated carbocycles. The highest BCUT2D eigenvalue weighted by molar-refractivity contribution is 5.75. The number of methoxy groups -OCH3 is 1. The lowest BCUT2D eigenvalue weighted by atomic mass is 9.90. The average Bonchev–Trinajstić information content (AvgIpc) is 3.53. The summed E-state index contributed by atoms with van der Waals surface area (Å²) >= 11 is 0. The van der Waals surface area contributed by atoms with Crippen LogP contribution in [0.25, 0.3) is 11.1 Å². The Morgan fingerprint density at radius 3 is 2.54 bits per heavy atom. The van der Waals surface area contributed by atoms with E-state index < -0.39 is 0 Å².